The van der Waals surface area contributed by atoms with E-state index in [9.17, 15) is 14.9 Å². The van der Waals surface area contributed by atoms with Gasteiger partial charge in [-0.25, -0.2) is 0 Å². The molecule has 172 valence electrons. The second-order valence-electron chi connectivity index (χ2n) is 8.99. The van der Waals surface area contributed by atoms with Crippen LogP contribution in [-0.2, 0) is 11.4 Å². The van der Waals surface area contributed by atoms with Gasteiger partial charge in [0.25, 0.3) is 11.6 Å². The largest absolute Gasteiger partial charge is 0.489 e. The van der Waals surface area contributed by atoms with Crippen molar-refractivity contribution in [1.29, 1.82) is 0 Å². The van der Waals surface area contributed by atoms with Crippen molar-refractivity contribution in [1.82, 2.24) is 0 Å². The number of carbonyl (C=O) groups excluding carboxylic acids is 1. The molecule has 3 aromatic carbocycles. The molecule has 4 rings (SSSR count). The highest BCUT2D eigenvalue weighted by molar-refractivity contribution is 6.34. The summed E-state index contributed by atoms with van der Waals surface area (Å²) in [4.78, 5) is 23.6. The highest BCUT2D eigenvalue weighted by Crippen LogP contribution is 2.32. The lowest BCUT2D eigenvalue weighted by Gasteiger charge is -2.18. The third-order valence-corrected chi connectivity index (χ3v) is 5.33. The minimum Gasteiger partial charge on any atom is -0.489 e. The molecular weight excluding hydrogens is 430 g/mol. The molecule has 1 amide bonds. The lowest BCUT2D eigenvalue weighted by Crippen LogP contribution is -2.24. The minimum absolute atomic E-state index is 0.0478. The summed E-state index contributed by atoms with van der Waals surface area (Å²) in [7, 11) is 0. The van der Waals surface area contributed by atoms with E-state index in [0.717, 1.165) is 22.5 Å². The molecule has 7 heteroatoms. The van der Waals surface area contributed by atoms with Crippen LogP contribution in [-0.4, -0.2) is 16.5 Å². The predicted octanol–water partition coefficient (Wildman–Crippen LogP) is 6.01. The van der Waals surface area contributed by atoms with E-state index in [-0.39, 0.29) is 17.0 Å². The summed E-state index contributed by atoms with van der Waals surface area (Å²) in [5.74, 6) is 0.503. The number of hydrogen-bond donors (Lipinski definition) is 0. The van der Waals surface area contributed by atoms with Gasteiger partial charge < -0.3 is 4.74 Å². The van der Waals surface area contributed by atoms with Crippen LogP contribution >= 0.6 is 0 Å². The number of benzene rings is 3. The summed E-state index contributed by atoms with van der Waals surface area (Å²) in [6, 6.07) is 23.1. The SMILES string of the molecule is CC(C)(C)C1=NN(c2ccccc2)C(=O)C1=Cc1ccc(OCc2ccc([N+](=O)[O-])cc2)cc1. The molecule has 0 spiro atoms. The van der Waals surface area contributed by atoms with Crippen molar-refractivity contribution in [3.05, 3.63) is 106 Å². The van der Waals surface area contributed by atoms with Crippen molar-refractivity contribution >= 4 is 29.1 Å². The first-order valence-electron chi connectivity index (χ1n) is 10.9. The van der Waals surface area contributed by atoms with Crippen molar-refractivity contribution in [3.63, 3.8) is 0 Å². The zero-order valence-corrected chi connectivity index (χ0v) is 19.3. The van der Waals surface area contributed by atoms with Gasteiger partial charge in [-0.3, -0.25) is 14.9 Å². The number of nitrogens with zero attached hydrogens (tertiary/aromatic N) is 3. The highest BCUT2D eigenvalue weighted by atomic mass is 16.6. The van der Waals surface area contributed by atoms with Gasteiger partial charge in [0.05, 0.1) is 21.9 Å². The molecule has 0 radical (unpaired) electrons. The first kappa shape index (κ1) is 22.9. The van der Waals surface area contributed by atoms with E-state index < -0.39 is 4.92 Å². The maximum atomic E-state index is 13.2. The van der Waals surface area contributed by atoms with Crippen LogP contribution in [0.4, 0.5) is 11.4 Å². The first-order valence-corrected chi connectivity index (χ1v) is 10.9. The van der Waals surface area contributed by atoms with Crippen LogP contribution in [0.15, 0.2) is 89.5 Å². The summed E-state index contributed by atoms with van der Waals surface area (Å²) >= 11 is 0. The van der Waals surface area contributed by atoms with E-state index in [1.54, 1.807) is 12.1 Å². The van der Waals surface area contributed by atoms with E-state index in [4.69, 9.17) is 4.74 Å². The second kappa shape index (κ2) is 9.31. The van der Waals surface area contributed by atoms with Gasteiger partial charge in [-0.1, -0.05) is 51.1 Å². The van der Waals surface area contributed by atoms with Crippen LogP contribution in [0.3, 0.4) is 0 Å². The normalized spacial score (nSPS) is 14.9. The number of anilines is 1. The monoisotopic (exact) mass is 455 g/mol. The fourth-order valence-corrected chi connectivity index (χ4v) is 3.55. The molecule has 0 N–H and O–H groups in total. The number of hydrazone groups is 1. The number of nitro groups is 1. The number of non-ortho nitro benzene ring substituents is 1. The summed E-state index contributed by atoms with van der Waals surface area (Å²) in [6.45, 7) is 6.41. The quantitative estimate of drug-likeness (QED) is 0.259. The third kappa shape index (κ3) is 5.04. The maximum absolute atomic E-state index is 13.2. The molecule has 0 fully saturated rings. The number of ether oxygens (including phenoxy) is 1. The molecule has 0 aliphatic carbocycles. The average molecular weight is 456 g/mol. The Morgan fingerprint density at radius 1 is 0.971 bits per heavy atom. The Kier molecular flexibility index (Phi) is 6.27. The van der Waals surface area contributed by atoms with Gasteiger partial charge in [0.15, 0.2) is 0 Å². The molecule has 7 nitrogen and oxygen atoms in total. The fraction of sp³-hybridized carbons (Fsp3) is 0.185. The van der Waals surface area contributed by atoms with Gasteiger partial charge in [0, 0.05) is 17.5 Å². The number of hydrogen-bond acceptors (Lipinski definition) is 5. The van der Waals surface area contributed by atoms with E-state index in [2.05, 4.69) is 5.10 Å². The number of para-hydroxylation sites is 1. The Balaban J connectivity index is 1.51. The van der Waals surface area contributed by atoms with Gasteiger partial charge in [0.1, 0.15) is 12.4 Å². The fourth-order valence-electron chi connectivity index (χ4n) is 3.55. The molecule has 1 aliphatic heterocycles. The molecule has 0 aromatic heterocycles. The molecule has 0 atom stereocenters. The zero-order chi connectivity index (χ0) is 24.3. The molecule has 1 heterocycles. The Bertz CT molecular complexity index is 1260. The molecule has 3 aromatic rings. The second-order valence-corrected chi connectivity index (χ2v) is 8.99. The number of carbonyl (C=O) groups is 1. The summed E-state index contributed by atoms with van der Waals surface area (Å²) < 4.78 is 5.80. The van der Waals surface area contributed by atoms with Crippen LogP contribution in [0, 0.1) is 15.5 Å². The van der Waals surface area contributed by atoms with Crippen molar-refractivity contribution in [2.24, 2.45) is 10.5 Å². The van der Waals surface area contributed by atoms with Crippen molar-refractivity contribution in [3.8, 4) is 5.75 Å². The number of nitro benzene ring substituents is 1. The van der Waals surface area contributed by atoms with E-state index >= 15 is 0 Å². The van der Waals surface area contributed by atoms with Crippen LogP contribution in [0.25, 0.3) is 6.08 Å². The minimum atomic E-state index is -0.429. The van der Waals surface area contributed by atoms with Crippen molar-refractivity contribution in [2.45, 2.75) is 27.4 Å². The summed E-state index contributed by atoms with van der Waals surface area (Å²) in [6.07, 6.45) is 1.86. The van der Waals surface area contributed by atoms with Crippen molar-refractivity contribution < 1.29 is 14.5 Å². The Morgan fingerprint density at radius 3 is 2.21 bits per heavy atom. The predicted molar refractivity (Wildman–Crippen MR) is 133 cm³/mol. The first-order chi connectivity index (χ1) is 16.2. The van der Waals surface area contributed by atoms with Gasteiger partial charge in [-0.05, 0) is 53.6 Å². The standard InChI is InChI=1S/C27H25N3O4/c1-27(2,3)25-24(26(31)29(28-25)21-7-5-4-6-8-21)17-19-11-15-23(16-12-19)34-18-20-9-13-22(14-10-20)30(32)33/h4-17H,18H2,1-3H3. The van der Waals surface area contributed by atoms with Crippen LogP contribution < -0.4 is 9.75 Å². The smallest absolute Gasteiger partial charge is 0.280 e. The Morgan fingerprint density at radius 2 is 1.62 bits per heavy atom. The van der Waals surface area contributed by atoms with Gasteiger partial charge in [-0.15, -0.1) is 0 Å². The van der Waals surface area contributed by atoms with Gasteiger partial charge >= 0.3 is 0 Å². The van der Waals surface area contributed by atoms with Crippen LogP contribution in [0.5, 0.6) is 5.75 Å². The highest BCUT2D eigenvalue weighted by Gasteiger charge is 2.37. The van der Waals surface area contributed by atoms with E-state index in [0.29, 0.717) is 17.9 Å². The van der Waals surface area contributed by atoms with Crippen LogP contribution in [0.2, 0.25) is 0 Å². The van der Waals surface area contributed by atoms with Gasteiger partial charge in [-0.2, -0.15) is 10.1 Å². The molecule has 1 aliphatic rings. The lowest BCUT2D eigenvalue weighted by molar-refractivity contribution is -0.384. The average Bonchev–Trinajstić information content (AvgIpc) is 3.16. The summed E-state index contributed by atoms with van der Waals surface area (Å²) in [5.41, 5.74) is 3.46. The summed E-state index contributed by atoms with van der Waals surface area (Å²) in [5, 5.41) is 16.9. The molecule has 0 saturated heterocycles. The number of rotatable bonds is 6. The molecule has 0 saturated carbocycles. The third-order valence-electron chi connectivity index (χ3n) is 5.33. The maximum Gasteiger partial charge on any atom is 0.280 e. The van der Waals surface area contributed by atoms with Crippen LogP contribution in [0.1, 0.15) is 31.9 Å². The van der Waals surface area contributed by atoms with E-state index in [1.807, 2.05) is 81.4 Å². The topological polar surface area (TPSA) is 85.0 Å². The zero-order valence-electron chi connectivity index (χ0n) is 19.3. The number of amides is 1. The Hall–Kier alpha value is -4.26. The molecule has 0 bridgehead atoms. The molecule has 34 heavy (non-hydrogen) atoms. The Labute approximate surface area is 198 Å². The lowest BCUT2D eigenvalue weighted by atomic mass is 9.85. The van der Waals surface area contributed by atoms with Gasteiger partial charge in [0.2, 0.25) is 0 Å². The molecule has 0 unspecified atom stereocenters. The van der Waals surface area contributed by atoms with Crippen molar-refractivity contribution in [2.75, 3.05) is 5.01 Å². The molecular formula is C27H25N3O4. The van der Waals surface area contributed by atoms with E-state index in [1.165, 1.54) is 17.1 Å².